The number of nitrogens with zero attached hydrogens (tertiary/aromatic N) is 2. The number of aliphatic hydroxyl groups is 1. The molecule has 14 nitrogen and oxygen atoms in total. The van der Waals surface area contributed by atoms with Crippen molar-refractivity contribution in [1.82, 2.24) is 15.1 Å². The lowest BCUT2D eigenvalue weighted by Crippen LogP contribution is -2.48. The van der Waals surface area contributed by atoms with Crippen molar-refractivity contribution in [3.8, 4) is 33.8 Å². The van der Waals surface area contributed by atoms with E-state index in [9.17, 15) is 48.9 Å². The van der Waals surface area contributed by atoms with E-state index in [0.29, 0.717) is 42.0 Å². The molecule has 6 atom stereocenters. The highest BCUT2D eigenvalue weighted by atomic mass is 35.5. The number of Topliss-reactive ketones (excluding diaryl/α,β-unsaturated/α-hetero) is 4. The van der Waals surface area contributed by atoms with E-state index in [0.717, 1.165) is 16.0 Å². The molecule has 1 heterocycles. The number of hydrogen-bond acceptors (Lipinski definition) is 11. The fourth-order valence-electron chi connectivity index (χ4n) is 8.25. The van der Waals surface area contributed by atoms with E-state index < -0.39 is 84.6 Å². The number of halogens is 1. The molecule has 1 aliphatic heterocycles. The van der Waals surface area contributed by atoms with Gasteiger partial charge in [0.2, 0.25) is 17.7 Å². The molecule has 0 saturated carbocycles. The number of ketones is 4. The van der Waals surface area contributed by atoms with Gasteiger partial charge >= 0.3 is 0 Å². The Labute approximate surface area is 390 Å². The number of benzene rings is 4. The van der Waals surface area contributed by atoms with Gasteiger partial charge in [-0.2, -0.15) is 0 Å². The predicted octanol–water partition coefficient (Wildman–Crippen LogP) is 6.24. The van der Waals surface area contributed by atoms with Crippen LogP contribution in [0, 0.1) is 17.8 Å². The topological polar surface area (TPSA) is 225 Å². The summed E-state index contributed by atoms with van der Waals surface area (Å²) in [6.45, 7) is 4.01. The van der Waals surface area contributed by atoms with Gasteiger partial charge < -0.3 is 36.2 Å². The maximum atomic E-state index is 14.7. The summed E-state index contributed by atoms with van der Waals surface area (Å²) in [7, 11) is 2.85. The monoisotopic (exact) mass is 922 g/mol. The molecule has 0 aromatic heterocycles. The van der Waals surface area contributed by atoms with E-state index >= 15 is 0 Å². The first kappa shape index (κ1) is 50.8. The molecule has 4 bridgehead atoms. The summed E-state index contributed by atoms with van der Waals surface area (Å²) in [6, 6.07) is 19.7. The summed E-state index contributed by atoms with van der Waals surface area (Å²) >= 11 is 6.06. The number of nitrogens with one attached hydrogen (secondary N) is 1. The average molecular weight is 924 g/mol. The summed E-state index contributed by atoms with van der Waals surface area (Å²) in [6.07, 6.45) is 0.229. The van der Waals surface area contributed by atoms with Crippen molar-refractivity contribution in [1.29, 1.82) is 0 Å². The molecule has 6 N–H and O–H groups in total. The van der Waals surface area contributed by atoms with Gasteiger partial charge in [-0.3, -0.25) is 33.6 Å². The zero-order valence-electron chi connectivity index (χ0n) is 38.0. The van der Waals surface area contributed by atoms with E-state index in [1.165, 1.54) is 76.2 Å². The fraction of sp³-hybridized carbons (Fsp3) is 0.392. The van der Waals surface area contributed by atoms with Crippen molar-refractivity contribution in [2.75, 3.05) is 27.2 Å². The summed E-state index contributed by atoms with van der Waals surface area (Å²) in [5, 5.41) is 35.9. The molecular formula is C51H59ClN4O10. The lowest BCUT2D eigenvalue weighted by Gasteiger charge is -2.32. The van der Waals surface area contributed by atoms with Crippen LogP contribution in [0.4, 0.5) is 0 Å². The zero-order valence-corrected chi connectivity index (χ0v) is 38.7. The minimum Gasteiger partial charge on any atom is -0.507 e. The van der Waals surface area contributed by atoms with Crippen LogP contribution < -0.4 is 11.1 Å². The Morgan fingerprint density at radius 3 is 2.02 bits per heavy atom. The lowest BCUT2D eigenvalue weighted by atomic mass is 9.87. The first-order chi connectivity index (χ1) is 31.3. The summed E-state index contributed by atoms with van der Waals surface area (Å²) in [4.78, 5) is 98.9. The average Bonchev–Trinajstić information content (AvgIpc) is 3.30. The first-order valence-electron chi connectivity index (χ1n) is 22.1. The molecule has 1 aliphatic rings. The van der Waals surface area contributed by atoms with Crippen molar-refractivity contribution in [2.45, 2.75) is 83.8 Å². The highest BCUT2D eigenvalue weighted by molar-refractivity contribution is 6.30. The standard InChI is InChI=1S/C51H59ClN4O10/c1-29-22-47(63)48(56(5)50(65)37(8-6-7-21-53)26-45(61)35-12-10-33(11-13-35)34-14-17-39(52)18-15-34)36-16-20-44(60)41(25-36)40-23-32(9-19-43(40)59)24-42(54-49(29)64)46(62)27-38(28-57)51(66)55(4)30(2)31(3)58/h9-20,23,25,29-30,37-38,42,48,57,59-60H,6-8,21-22,24,26-28,53H2,1-5H3,(H,54,64)/t29-,30+,37-,38+,42+,48+/m1/s1. The van der Waals surface area contributed by atoms with Crippen LogP contribution in [0.1, 0.15) is 86.8 Å². The lowest BCUT2D eigenvalue weighted by molar-refractivity contribution is -0.143. The van der Waals surface area contributed by atoms with E-state index in [2.05, 4.69) is 5.32 Å². The highest BCUT2D eigenvalue weighted by Gasteiger charge is 2.37. The molecule has 0 fully saturated rings. The van der Waals surface area contributed by atoms with Crippen LogP contribution in [-0.2, 0) is 35.2 Å². The number of rotatable bonds is 17. The van der Waals surface area contributed by atoms with E-state index in [4.69, 9.17) is 17.3 Å². The van der Waals surface area contributed by atoms with Gasteiger partial charge in [0.1, 0.15) is 17.5 Å². The van der Waals surface area contributed by atoms with Gasteiger partial charge in [-0.15, -0.1) is 0 Å². The molecule has 0 unspecified atom stereocenters. The maximum absolute atomic E-state index is 14.7. The van der Waals surface area contributed by atoms with Gasteiger partial charge in [0.05, 0.1) is 24.6 Å². The maximum Gasteiger partial charge on any atom is 0.228 e. The number of aliphatic hydroxyl groups excluding tert-OH is 1. The third kappa shape index (κ3) is 12.4. The fourth-order valence-corrected chi connectivity index (χ4v) is 8.38. The SMILES string of the molecule is CC(=O)[C@H](C)N(C)C(=O)[C@H](CO)CC(=O)[C@@H]1Cc2ccc(O)c(c2)-c2cc(ccc2O)[C@H](N(C)C(=O)[C@H](CCCCN)CC(=O)c2ccc(-c3ccc(Cl)cc3)cc2)C(=O)C[C@@H](C)C(=O)N1. The number of carbonyl (C=O) groups excluding carboxylic acids is 7. The van der Waals surface area contributed by atoms with Crippen LogP contribution in [-0.4, -0.2) is 105 Å². The Kier molecular flexibility index (Phi) is 17.5. The Bertz CT molecular complexity index is 2440. The van der Waals surface area contributed by atoms with Crippen molar-refractivity contribution in [3.63, 3.8) is 0 Å². The van der Waals surface area contributed by atoms with Gasteiger partial charge in [-0.05, 0) is 98.3 Å². The van der Waals surface area contributed by atoms with Crippen LogP contribution >= 0.6 is 11.6 Å². The minimum absolute atomic E-state index is 0.118. The largest absolute Gasteiger partial charge is 0.507 e. The second kappa shape index (κ2) is 22.8. The molecule has 0 aliphatic carbocycles. The van der Waals surface area contributed by atoms with E-state index in [1.54, 1.807) is 24.3 Å². The van der Waals surface area contributed by atoms with Crippen LogP contribution in [0.5, 0.6) is 11.5 Å². The van der Waals surface area contributed by atoms with Gasteiger partial charge in [0, 0.05) is 66.9 Å². The number of likely N-dealkylation sites (N-methyl/N-ethyl adjacent to an activating group) is 2. The molecule has 0 radical (unpaired) electrons. The van der Waals surface area contributed by atoms with Gasteiger partial charge in [-0.1, -0.05) is 73.5 Å². The number of phenols is 2. The van der Waals surface area contributed by atoms with Crippen molar-refractivity contribution in [3.05, 3.63) is 107 Å². The Morgan fingerprint density at radius 1 is 0.803 bits per heavy atom. The number of aromatic hydroxyl groups is 2. The third-order valence-electron chi connectivity index (χ3n) is 12.5. The normalized spacial score (nSPS) is 17.7. The van der Waals surface area contributed by atoms with Crippen molar-refractivity contribution >= 4 is 52.5 Å². The number of nitrogens with two attached hydrogens (primary N) is 1. The molecule has 66 heavy (non-hydrogen) atoms. The zero-order chi connectivity index (χ0) is 48.4. The molecule has 15 heteroatoms. The first-order valence-corrected chi connectivity index (χ1v) is 22.5. The van der Waals surface area contributed by atoms with Crippen molar-refractivity contribution in [2.24, 2.45) is 23.5 Å². The third-order valence-corrected chi connectivity index (χ3v) is 12.8. The van der Waals surface area contributed by atoms with E-state index in [1.807, 2.05) is 24.3 Å². The Morgan fingerprint density at radius 2 is 1.41 bits per heavy atom. The second-order valence-corrected chi connectivity index (χ2v) is 17.7. The van der Waals surface area contributed by atoms with Crippen LogP contribution in [0.25, 0.3) is 22.3 Å². The molecule has 3 amide bonds. The van der Waals surface area contributed by atoms with E-state index in [-0.39, 0.29) is 52.6 Å². The van der Waals surface area contributed by atoms with Gasteiger partial charge in [0.25, 0.3) is 0 Å². The molecule has 4 aromatic carbocycles. The van der Waals surface area contributed by atoms with Gasteiger partial charge in [-0.25, -0.2) is 0 Å². The molecule has 5 rings (SSSR count). The molecular weight excluding hydrogens is 864 g/mol. The minimum atomic E-state index is -1.32. The number of unbranched alkanes of at least 4 members (excludes halogenated alkanes) is 1. The number of hydrogen-bond donors (Lipinski definition) is 5. The predicted molar refractivity (Wildman–Crippen MR) is 250 cm³/mol. The van der Waals surface area contributed by atoms with Crippen LogP contribution in [0.15, 0.2) is 84.9 Å². The number of phenolic OH excluding ortho intramolecular Hbond substituents is 2. The summed E-state index contributed by atoms with van der Waals surface area (Å²) in [5.74, 6) is -7.18. The number of fused-ring (bicyclic) bond motifs is 5. The summed E-state index contributed by atoms with van der Waals surface area (Å²) in [5.41, 5.74) is 8.97. The number of amides is 3. The number of carbonyl (C=O) groups is 7. The Balaban J connectivity index is 1.48. The smallest absolute Gasteiger partial charge is 0.228 e. The van der Waals surface area contributed by atoms with Gasteiger partial charge in [0.15, 0.2) is 23.1 Å². The van der Waals surface area contributed by atoms with Crippen LogP contribution in [0.3, 0.4) is 0 Å². The van der Waals surface area contributed by atoms with Crippen LogP contribution in [0.2, 0.25) is 5.02 Å². The Hall–Kier alpha value is -6.22. The molecule has 0 saturated heterocycles. The molecule has 4 aromatic rings. The molecule has 0 spiro atoms. The molecule has 350 valence electrons. The highest BCUT2D eigenvalue weighted by Crippen LogP contribution is 2.40. The van der Waals surface area contributed by atoms with Crippen molar-refractivity contribution < 1.29 is 48.9 Å². The second-order valence-electron chi connectivity index (χ2n) is 17.3. The quantitative estimate of drug-likeness (QED) is 0.0589. The summed E-state index contributed by atoms with van der Waals surface area (Å²) < 4.78 is 0.